The monoisotopic (exact) mass is 617 g/mol. The molecule has 2 rings (SSSR count). The van der Waals surface area contributed by atoms with Gasteiger partial charge in [-0.05, 0) is 67.1 Å². The highest BCUT2D eigenvalue weighted by atomic mass is 32.2. The van der Waals surface area contributed by atoms with Gasteiger partial charge in [-0.25, -0.2) is 8.42 Å². The molecule has 2 aromatic rings. The van der Waals surface area contributed by atoms with Crippen LogP contribution < -0.4 is 4.74 Å². The molecule has 5 nitrogen and oxygen atoms in total. The van der Waals surface area contributed by atoms with E-state index in [0.717, 1.165) is 35.4 Å². The fourth-order valence-electron chi connectivity index (χ4n) is 5.20. The average Bonchev–Trinajstić information content (AvgIpc) is 2.95. The van der Waals surface area contributed by atoms with E-state index >= 15 is 0 Å². The van der Waals surface area contributed by atoms with E-state index in [9.17, 15) is 13.0 Å². The molecule has 0 radical (unpaired) electrons. The third-order valence-electron chi connectivity index (χ3n) is 8.00. The smallest absolute Gasteiger partial charge is 0.124 e. The highest BCUT2D eigenvalue weighted by molar-refractivity contribution is 7.85. The van der Waals surface area contributed by atoms with Gasteiger partial charge in [0.25, 0.3) is 0 Å². The topological polar surface area (TPSA) is 66.4 Å². The number of ether oxygens (including phenoxy) is 1. The summed E-state index contributed by atoms with van der Waals surface area (Å²) in [6, 6.07) is 12.8. The molecule has 0 N–H and O–H groups in total. The zero-order chi connectivity index (χ0) is 32.1. The number of quaternary nitrogens is 1. The molecule has 0 amide bonds. The van der Waals surface area contributed by atoms with E-state index in [1.165, 1.54) is 113 Å². The Kier molecular flexibility index (Phi) is 19.8. The van der Waals surface area contributed by atoms with Gasteiger partial charge in [0.2, 0.25) is 0 Å². The summed E-state index contributed by atoms with van der Waals surface area (Å²) in [5.41, 5.74) is 3.71. The van der Waals surface area contributed by atoms with Crippen LogP contribution in [0, 0.1) is 6.92 Å². The lowest BCUT2D eigenvalue weighted by molar-refractivity contribution is -0.884. The lowest BCUT2D eigenvalue weighted by atomic mass is 9.99. The molecule has 0 aliphatic heterocycles. The Bertz CT molecular complexity index is 1090. The van der Waals surface area contributed by atoms with Crippen LogP contribution >= 0.6 is 0 Å². The van der Waals surface area contributed by atoms with Crippen LogP contribution in [0.1, 0.15) is 140 Å². The molecule has 246 valence electrons. The summed E-state index contributed by atoms with van der Waals surface area (Å²) in [4.78, 5) is -0.162. The van der Waals surface area contributed by atoms with Gasteiger partial charge < -0.3 is 13.8 Å². The third kappa shape index (κ3) is 19.2. The number of aryl methyl sites for hydroxylation is 1. The molecule has 1 atom stereocenters. The summed E-state index contributed by atoms with van der Waals surface area (Å²) < 4.78 is 38.9. The van der Waals surface area contributed by atoms with E-state index < -0.39 is 10.1 Å². The van der Waals surface area contributed by atoms with Crippen LogP contribution in [-0.4, -0.2) is 45.2 Å². The molecule has 0 saturated carbocycles. The van der Waals surface area contributed by atoms with Gasteiger partial charge in [0.1, 0.15) is 22.4 Å². The highest BCUT2D eigenvalue weighted by Crippen LogP contribution is 2.22. The van der Waals surface area contributed by atoms with Crippen LogP contribution in [0.5, 0.6) is 5.75 Å². The van der Waals surface area contributed by atoms with Crippen molar-refractivity contribution in [3.8, 4) is 5.75 Å². The molecular formula is C37H63NO4S. The van der Waals surface area contributed by atoms with Crippen LogP contribution in [0.25, 0.3) is 0 Å². The third-order valence-corrected chi connectivity index (χ3v) is 8.85. The van der Waals surface area contributed by atoms with Gasteiger partial charge >= 0.3 is 0 Å². The zero-order valence-corrected chi connectivity index (χ0v) is 29.4. The van der Waals surface area contributed by atoms with E-state index in [1.807, 2.05) is 0 Å². The molecule has 1 unspecified atom stereocenters. The van der Waals surface area contributed by atoms with E-state index in [4.69, 9.17) is 4.74 Å². The largest absolute Gasteiger partial charge is 0.744 e. The van der Waals surface area contributed by atoms with Crippen LogP contribution in [-0.2, 0) is 16.7 Å². The van der Waals surface area contributed by atoms with Crippen LogP contribution in [0.3, 0.4) is 0 Å². The summed E-state index contributed by atoms with van der Waals surface area (Å²) >= 11 is 0. The zero-order valence-electron chi connectivity index (χ0n) is 28.6. The minimum absolute atomic E-state index is 0.162. The molecule has 0 bridgehead atoms. The summed E-state index contributed by atoms with van der Waals surface area (Å²) in [6.45, 7) is 10.5. The van der Waals surface area contributed by atoms with Crippen molar-refractivity contribution in [1.82, 2.24) is 0 Å². The summed E-state index contributed by atoms with van der Waals surface area (Å²) in [6.07, 6.45) is 20.6. The van der Waals surface area contributed by atoms with E-state index in [2.05, 4.69) is 67.0 Å². The standard InChI is InChI=1S/C27H50NO.C10H14O3S/c1-6-7-8-9-10-11-12-13-14-15-16-17-18-19-22-29-27-21-20-26(23-25(27)2)24-28(3,4)5;1-3-8(2)9-4-6-10(7-5-9)14(11,12)13/h20-21,23H,6-19,22,24H2,1-5H3;4-8H,3H2,1-2H3,(H,11,12,13)/q+1;/p-1. The average molecular weight is 618 g/mol. The fraction of sp³-hybridized carbons (Fsp3) is 0.676. The molecule has 43 heavy (non-hydrogen) atoms. The molecular weight excluding hydrogens is 554 g/mol. The second-order valence-corrected chi connectivity index (χ2v) is 14.7. The van der Waals surface area contributed by atoms with Gasteiger partial charge in [0.15, 0.2) is 0 Å². The maximum absolute atomic E-state index is 10.6. The number of rotatable bonds is 21. The van der Waals surface area contributed by atoms with E-state index in [0.29, 0.717) is 5.92 Å². The number of hydrogen-bond acceptors (Lipinski definition) is 4. The molecule has 0 aliphatic carbocycles. The van der Waals surface area contributed by atoms with Crippen LogP contribution in [0.2, 0.25) is 0 Å². The minimum atomic E-state index is -4.30. The Balaban J connectivity index is 0.000000549. The molecule has 0 heterocycles. The predicted molar refractivity (Wildman–Crippen MR) is 182 cm³/mol. The van der Waals surface area contributed by atoms with Crippen molar-refractivity contribution in [2.24, 2.45) is 0 Å². The predicted octanol–water partition coefficient (Wildman–Crippen LogP) is 10.2. The summed E-state index contributed by atoms with van der Waals surface area (Å²) in [5.74, 6) is 1.45. The number of hydrogen-bond donors (Lipinski definition) is 0. The first kappa shape index (κ1) is 39.1. The molecule has 6 heteroatoms. The van der Waals surface area contributed by atoms with Crippen molar-refractivity contribution in [1.29, 1.82) is 0 Å². The second-order valence-electron chi connectivity index (χ2n) is 13.3. The molecule has 0 aromatic heterocycles. The Morgan fingerprint density at radius 1 is 0.744 bits per heavy atom. The quantitative estimate of drug-likeness (QED) is 0.0794. The van der Waals surface area contributed by atoms with Crippen molar-refractivity contribution in [2.45, 2.75) is 141 Å². The van der Waals surface area contributed by atoms with Crippen molar-refractivity contribution in [3.63, 3.8) is 0 Å². The van der Waals surface area contributed by atoms with E-state index in [-0.39, 0.29) is 4.90 Å². The maximum atomic E-state index is 10.6. The van der Waals surface area contributed by atoms with Gasteiger partial charge in [0, 0.05) is 5.56 Å². The minimum Gasteiger partial charge on any atom is -0.744 e. The summed E-state index contributed by atoms with van der Waals surface area (Å²) in [5, 5.41) is 0. The van der Waals surface area contributed by atoms with Crippen LogP contribution in [0.4, 0.5) is 0 Å². The second kappa shape index (κ2) is 21.8. The van der Waals surface area contributed by atoms with Gasteiger partial charge in [0.05, 0.1) is 32.6 Å². The first-order valence-electron chi connectivity index (χ1n) is 17.0. The van der Waals surface area contributed by atoms with Gasteiger partial charge in [-0.3, -0.25) is 0 Å². The molecule has 0 aliphatic rings. The Labute approximate surface area is 265 Å². The molecule has 0 spiro atoms. The maximum Gasteiger partial charge on any atom is 0.124 e. The Morgan fingerprint density at radius 2 is 1.23 bits per heavy atom. The fourth-order valence-corrected chi connectivity index (χ4v) is 5.67. The first-order valence-corrected chi connectivity index (χ1v) is 18.4. The SMILES string of the molecule is CCC(C)c1ccc(S(=O)(=O)[O-])cc1.CCCCCCCCCCCCCCCCOc1ccc(C[N+](C)(C)C)cc1C. The lowest BCUT2D eigenvalue weighted by Crippen LogP contribution is -2.33. The van der Waals surface area contributed by atoms with Crippen molar-refractivity contribution in [2.75, 3.05) is 27.7 Å². The summed E-state index contributed by atoms with van der Waals surface area (Å²) in [7, 11) is 2.39. The van der Waals surface area contributed by atoms with Crippen molar-refractivity contribution < 1.29 is 22.2 Å². The van der Waals surface area contributed by atoms with Crippen molar-refractivity contribution in [3.05, 3.63) is 59.2 Å². The van der Waals surface area contributed by atoms with Gasteiger partial charge in [-0.1, -0.05) is 116 Å². The Hall–Kier alpha value is -1.89. The lowest BCUT2D eigenvalue weighted by Gasteiger charge is -2.24. The Morgan fingerprint density at radius 3 is 1.65 bits per heavy atom. The normalized spacial score (nSPS) is 12.5. The molecule has 0 saturated heterocycles. The van der Waals surface area contributed by atoms with Gasteiger partial charge in [-0.2, -0.15) is 0 Å². The number of nitrogens with zero attached hydrogens (tertiary/aromatic N) is 1. The first-order chi connectivity index (χ1) is 20.4. The van der Waals surface area contributed by atoms with Crippen LogP contribution in [0.15, 0.2) is 47.4 Å². The van der Waals surface area contributed by atoms with Crippen molar-refractivity contribution >= 4 is 10.1 Å². The molecule has 0 fully saturated rings. The molecule has 2 aromatic carbocycles. The van der Waals surface area contributed by atoms with E-state index in [1.54, 1.807) is 12.1 Å². The van der Waals surface area contributed by atoms with Gasteiger partial charge in [-0.15, -0.1) is 0 Å². The number of benzene rings is 2. The highest BCUT2D eigenvalue weighted by Gasteiger charge is 2.10. The number of unbranched alkanes of at least 4 members (excludes halogenated alkanes) is 13.